The van der Waals surface area contributed by atoms with Gasteiger partial charge in [-0.3, -0.25) is 4.90 Å². The van der Waals surface area contributed by atoms with Gasteiger partial charge in [0.2, 0.25) is 0 Å². The first-order chi connectivity index (χ1) is 6.94. The minimum Gasteiger partial charge on any atom is -0.375 e. The van der Waals surface area contributed by atoms with Crippen molar-refractivity contribution in [1.82, 2.24) is 4.90 Å². The van der Waals surface area contributed by atoms with Gasteiger partial charge in [0.25, 0.3) is 0 Å². The summed E-state index contributed by atoms with van der Waals surface area (Å²) in [5.74, 6) is 1.48. The molecule has 1 fully saturated rings. The molecule has 1 aliphatic heterocycles. The van der Waals surface area contributed by atoms with Crippen LogP contribution >= 0.6 is 11.6 Å². The Bertz CT molecular complexity index is 191. The van der Waals surface area contributed by atoms with E-state index in [-0.39, 0.29) is 5.60 Å². The molecule has 1 saturated heterocycles. The zero-order valence-electron chi connectivity index (χ0n) is 10.4. The monoisotopic (exact) mass is 233 g/mol. The summed E-state index contributed by atoms with van der Waals surface area (Å²) in [5, 5.41) is 0. The highest BCUT2D eigenvalue weighted by atomic mass is 35.5. The number of likely N-dealkylation sites (tertiary alicyclic amines) is 1. The smallest absolute Gasteiger partial charge is 0.0600 e. The van der Waals surface area contributed by atoms with Crippen LogP contribution in [0.4, 0.5) is 0 Å². The maximum atomic E-state index is 5.98. The summed E-state index contributed by atoms with van der Waals surface area (Å²) < 4.78 is 5.73. The molecule has 0 aliphatic carbocycles. The molecule has 90 valence electrons. The summed E-state index contributed by atoms with van der Waals surface area (Å²) in [6.45, 7) is 11.6. The van der Waals surface area contributed by atoms with Crippen molar-refractivity contribution in [3.05, 3.63) is 0 Å². The van der Waals surface area contributed by atoms with Crippen molar-refractivity contribution in [3.63, 3.8) is 0 Å². The van der Waals surface area contributed by atoms with Crippen molar-refractivity contribution < 1.29 is 4.74 Å². The Kier molecular flexibility index (Phi) is 4.88. The van der Waals surface area contributed by atoms with E-state index in [1.54, 1.807) is 0 Å². The molecular weight excluding hydrogens is 210 g/mol. The molecule has 1 aliphatic rings. The third-order valence-electron chi connectivity index (χ3n) is 3.07. The fraction of sp³-hybridized carbons (Fsp3) is 1.00. The van der Waals surface area contributed by atoms with Crippen LogP contribution in [-0.4, -0.2) is 42.1 Å². The molecule has 2 unspecified atom stereocenters. The number of hydrogen-bond donors (Lipinski definition) is 0. The zero-order valence-corrected chi connectivity index (χ0v) is 11.2. The number of hydrogen-bond acceptors (Lipinski definition) is 2. The maximum Gasteiger partial charge on any atom is 0.0600 e. The highest BCUT2D eigenvalue weighted by Gasteiger charge is 2.29. The summed E-state index contributed by atoms with van der Waals surface area (Å²) in [6.07, 6.45) is 1.27. The number of nitrogens with zero attached hydrogens (tertiary/aromatic N) is 1. The normalized spacial score (nSPS) is 28.6. The van der Waals surface area contributed by atoms with Crippen LogP contribution in [0, 0.1) is 5.92 Å². The van der Waals surface area contributed by atoms with Crippen molar-refractivity contribution >= 4 is 11.6 Å². The van der Waals surface area contributed by atoms with Crippen LogP contribution in [0.2, 0.25) is 0 Å². The third kappa shape index (κ3) is 4.29. The summed E-state index contributed by atoms with van der Waals surface area (Å²) >= 11 is 5.98. The van der Waals surface area contributed by atoms with E-state index in [1.807, 2.05) is 0 Å². The molecule has 0 N–H and O–H groups in total. The Morgan fingerprint density at radius 3 is 2.60 bits per heavy atom. The molecule has 15 heavy (non-hydrogen) atoms. The molecule has 0 spiro atoms. The van der Waals surface area contributed by atoms with E-state index < -0.39 is 0 Å². The summed E-state index contributed by atoms with van der Waals surface area (Å²) in [4.78, 5) is 2.46. The molecule has 2 atom stereocenters. The molecule has 0 amide bonds. The van der Waals surface area contributed by atoms with Gasteiger partial charge < -0.3 is 4.74 Å². The van der Waals surface area contributed by atoms with E-state index in [0.717, 1.165) is 24.9 Å². The lowest BCUT2D eigenvalue weighted by molar-refractivity contribution is -0.0142. The van der Waals surface area contributed by atoms with Crippen LogP contribution in [0.5, 0.6) is 0 Å². The SMILES string of the molecule is CC1CCN(CCOC(C)(C)C)C1CCl. The molecule has 0 radical (unpaired) electrons. The van der Waals surface area contributed by atoms with Crippen molar-refractivity contribution in [1.29, 1.82) is 0 Å². The van der Waals surface area contributed by atoms with Crippen molar-refractivity contribution in [3.8, 4) is 0 Å². The molecule has 1 heterocycles. The van der Waals surface area contributed by atoms with E-state index >= 15 is 0 Å². The molecular formula is C12H24ClNO. The number of halogens is 1. The lowest BCUT2D eigenvalue weighted by atomic mass is 10.1. The first kappa shape index (κ1) is 13.3. The van der Waals surface area contributed by atoms with Gasteiger partial charge in [0.15, 0.2) is 0 Å². The Hall–Kier alpha value is 0.210. The van der Waals surface area contributed by atoms with Crippen LogP contribution in [0.3, 0.4) is 0 Å². The van der Waals surface area contributed by atoms with Gasteiger partial charge in [-0.15, -0.1) is 11.6 Å². The molecule has 0 aromatic heterocycles. The summed E-state index contributed by atoms with van der Waals surface area (Å²) in [6, 6.07) is 0.551. The lowest BCUT2D eigenvalue weighted by Crippen LogP contribution is -2.37. The van der Waals surface area contributed by atoms with Crippen LogP contribution in [0.25, 0.3) is 0 Å². The minimum atomic E-state index is -0.0260. The van der Waals surface area contributed by atoms with Crippen LogP contribution in [0.15, 0.2) is 0 Å². The summed E-state index contributed by atoms with van der Waals surface area (Å²) in [7, 11) is 0. The van der Waals surface area contributed by atoms with Gasteiger partial charge in [0.05, 0.1) is 12.2 Å². The Labute approximate surface area is 98.9 Å². The predicted octanol–water partition coefficient (Wildman–Crippen LogP) is 2.75. The average molecular weight is 234 g/mol. The second kappa shape index (κ2) is 5.51. The largest absolute Gasteiger partial charge is 0.375 e. The van der Waals surface area contributed by atoms with Gasteiger partial charge in [-0.2, -0.15) is 0 Å². The molecule has 0 aromatic rings. The zero-order chi connectivity index (χ0) is 11.5. The van der Waals surface area contributed by atoms with E-state index in [2.05, 4.69) is 32.6 Å². The average Bonchev–Trinajstić information content (AvgIpc) is 2.44. The molecule has 0 saturated carbocycles. The Morgan fingerprint density at radius 1 is 1.40 bits per heavy atom. The van der Waals surface area contributed by atoms with Gasteiger partial charge >= 0.3 is 0 Å². The minimum absolute atomic E-state index is 0.0260. The number of rotatable bonds is 4. The predicted molar refractivity (Wildman–Crippen MR) is 65.6 cm³/mol. The van der Waals surface area contributed by atoms with E-state index in [0.29, 0.717) is 6.04 Å². The van der Waals surface area contributed by atoms with Gasteiger partial charge in [0, 0.05) is 18.5 Å². The van der Waals surface area contributed by atoms with Crippen molar-refractivity contribution in [2.24, 2.45) is 5.92 Å². The van der Waals surface area contributed by atoms with Crippen LogP contribution < -0.4 is 0 Å². The topological polar surface area (TPSA) is 12.5 Å². The highest BCUT2D eigenvalue weighted by molar-refractivity contribution is 6.18. The van der Waals surface area contributed by atoms with E-state index in [9.17, 15) is 0 Å². The second-order valence-corrected chi connectivity index (χ2v) is 5.79. The van der Waals surface area contributed by atoms with Crippen LogP contribution in [0.1, 0.15) is 34.1 Å². The Balaban J connectivity index is 2.27. The molecule has 1 rings (SSSR count). The quantitative estimate of drug-likeness (QED) is 0.693. The fourth-order valence-corrected chi connectivity index (χ4v) is 2.58. The molecule has 0 bridgehead atoms. The lowest BCUT2D eigenvalue weighted by Gasteiger charge is -2.27. The first-order valence-electron chi connectivity index (χ1n) is 5.88. The molecule has 3 heteroatoms. The maximum absolute atomic E-state index is 5.98. The summed E-state index contributed by atoms with van der Waals surface area (Å²) in [5.41, 5.74) is -0.0260. The van der Waals surface area contributed by atoms with Gasteiger partial charge in [-0.1, -0.05) is 6.92 Å². The van der Waals surface area contributed by atoms with Crippen molar-refractivity contribution in [2.75, 3.05) is 25.6 Å². The van der Waals surface area contributed by atoms with Gasteiger partial charge in [-0.25, -0.2) is 0 Å². The van der Waals surface area contributed by atoms with Gasteiger partial charge in [-0.05, 0) is 39.7 Å². The number of alkyl halides is 1. The van der Waals surface area contributed by atoms with Crippen molar-refractivity contribution in [2.45, 2.75) is 45.8 Å². The second-order valence-electron chi connectivity index (χ2n) is 5.48. The van der Waals surface area contributed by atoms with Gasteiger partial charge in [0.1, 0.15) is 0 Å². The van der Waals surface area contributed by atoms with E-state index in [1.165, 1.54) is 13.0 Å². The fourth-order valence-electron chi connectivity index (χ4n) is 2.08. The first-order valence-corrected chi connectivity index (χ1v) is 6.41. The van der Waals surface area contributed by atoms with Crippen LogP contribution in [-0.2, 0) is 4.74 Å². The molecule has 2 nitrogen and oxygen atoms in total. The number of ether oxygens (including phenoxy) is 1. The third-order valence-corrected chi connectivity index (χ3v) is 3.39. The Morgan fingerprint density at radius 2 is 2.07 bits per heavy atom. The van der Waals surface area contributed by atoms with E-state index in [4.69, 9.17) is 16.3 Å². The molecule has 0 aromatic carbocycles. The highest BCUT2D eigenvalue weighted by Crippen LogP contribution is 2.24. The standard InChI is InChI=1S/C12H24ClNO/c1-10-5-6-14(11(10)9-13)7-8-15-12(2,3)4/h10-11H,5-9H2,1-4H3.